The molecule has 2 aliphatic heterocycles. The van der Waals surface area contributed by atoms with E-state index in [1.54, 1.807) is 6.07 Å². The Bertz CT molecular complexity index is 713. The maximum atomic E-state index is 12.5. The number of benzene rings is 1. The maximum absolute atomic E-state index is 12.5. The summed E-state index contributed by atoms with van der Waals surface area (Å²) in [6.45, 7) is 6.32. The van der Waals surface area contributed by atoms with Gasteiger partial charge in [-0.2, -0.15) is 0 Å². The molecule has 27 heavy (non-hydrogen) atoms. The summed E-state index contributed by atoms with van der Waals surface area (Å²) in [6.07, 6.45) is 0.779. The second-order valence-corrected chi connectivity index (χ2v) is 7.31. The van der Waals surface area contributed by atoms with Gasteiger partial charge in [-0.1, -0.05) is 6.07 Å². The smallest absolute Gasteiger partial charge is 0.249 e. The average molecular weight is 373 g/mol. The second-order valence-electron chi connectivity index (χ2n) is 7.31. The minimum Gasteiger partial charge on any atom is -0.374 e. The first-order chi connectivity index (χ1) is 12.9. The van der Waals surface area contributed by atoms with Crippen molar-refractivity contribution in [3.8, 4) is 0 Å². The van der Waals surface area contributed by atoms with E-state index in [1.165, 1.54) is 0 Å². The highest BCUT2D eigenvalue weighted by Gasteiger charge is 2.27. The molecule has 3 atom stereocenters. The summed E-state index contributed by atoms with van der Waals surface area (Å²) in [5, 5.41) is 11.7. The third-order valence-corrected chi connectivity index (χ3v) is 5.06. The summed E-state index contributed by atoms with van der Waals surface area (Å²) in [4.78, 5) is 37.8. The van der Waals surface area contributed by atoms with Gasteiger partial charge >= 0.3 is 0 Å². The van der Waals surface area contributed by atoms with Gasteiger partial charge in [-0.3, -0.25) is 24.6 Å². The summed E-state index contributed by atoms with van der Waals surface area (Å²) >= 11 is 0. The molecule has 8 heteroatoms. The van der Waals surface area contributed by atoms with Crippen LogP contribution in [0.1, 0.15) is 26.7 Å². The zero-order valence-electron chi connectivity index (χ0n) is 15.7. The molecule has 8 nitrogen and oxygen atoms in total. The van der Waals surface area contributed by atoms with Gasteiger partial charge in [0, 0.05) is 43.0 Å². The molecule has 2 heterocycles. The Morgan fingerprint density at radius 3 is 2.59 bits per heavy atom. The second kappa shape index (κ2) is 8.49. The quantitative estimate of drug-likeness (QED) is 0.562. The van der Waals surface area contributed by atoms with Crippen molar-refractivity contribution in [2.24, 2.45) is 0 Å². The van der Waals surface area contributed by atoms with Gasteiger partial charge in [-0.25, -0.2) is 0 Å². The van der Waals surface area contributed by atoms with Crippen LogP contribution in [0.25, 0.3) is 0 Å². The number of imide groups is 1. The topological polar surface area (TPSA) is 103 Å². The third-order valence-electron chi connectivity index (χ3n) is 5.06. The zero-order chi connectivity index (χ0) is 19.4. The number of carbonyl (C=O) groups is 3. The minimum absolute atomic E-state index is 0.0613. The van der Waals surface area contributed by atoms with E-state index in [2.05, 4.69) is 40.0 Å². The predicted molar refractivity (Wildman–Crippen MR) is 103 cm³/mol. The first-order valence-electron chi connectivity index (χ1n) is 9.39. The lowest BCUT2D eigenvalue weighted by atomic mass is 10.1. The highest BCUT2D eigenvalue weighted by atomic mass is 16.2. The molecule has 1 aromatic rings. The van der Waals surface area contributed by atoms with Crippen molar-refractivity contribution in [2.45, 2.75) is 44.8 Å². The SMILES string of the molecule is C[C@@H]1CNC[C@H](C)N1CC(=O)Nc1cccc(NC2CCC(=O)NC2=O)c1. The lowest BCUT2D eigenvalue weighted by molar-refractivity contribution is -0.133. The number of piperazine rings is 1. The van der Waals surface area contributed by atoms with Crippen LogP contribution in [0.2, 0.25) is 0 Å². The largest absolute Gasteiger partial charge is 0.374 e. The Morgan fingerprint density at radius 2 is 1.89 bits per heavy atom. The normalized spacial score (nSPS) is 26.4. The number of amides is 3. The van der Waals surface area contributed by atoms with E-state index in [0.29, 0.717) is 37.2 Å². The molecule has 4 N–H and O–H groups in total. The Hall–Kier alpha value is -2.45. The highest BCUT2D eigenvalue weighted by Crippen LogP contribution is 2.19. The molecule has 3 rings (SSSR count). The third kappa shape index (κ3) is 5.05. The van der Waals surface area contributed by atoms with Crippen LogP contribution in [-0.4, -0.2) is 60.4 Å². The van der Waals surface area contributed by atoms with Crippen LogP contribution in [0.3, 0.4) is 0 Å². The number of piperidine rings is 1. The monoisotopic (exact) mass is 373 g/mol. The number of rotatable bonds is 5. The van der Waals surface area contributed by atoms with E-state index in [0.717, 1.165) is 18.8 Å². The van der Waals surface area contributed by atoms with Gasteiger partial charge in [0.15, 0.2) is 0 Å². The minimum atomic E-state index is -0.448. The standard InChI is InChI=1S/C19H27N5O3/c1-12-9-20-10-13(2)24(12)11-18(26)22-15-5-3-4-14(8-15)21-16-6-7-17(25)23-19(16)27/h3-5,8,12-13,16,20-21H,6-7,9-11H2,1-2H3,(H,22,26)(H,23,25,27)/t12-,13+,16?. The Balaban J connectivity index is 1.57. The molecule has 2 fully saturated rings. The van der Waals surface area contributed by atoms with Gasteiger partial charge in [0.25, 0.3) is 0 Å². The van der Waals surface area contributed by atoms with Gasteiger partial charge in [0.2, 0.25) is 17.7 Å². The summed E-state index contributed by atoms with van der Waals surface area (Å²) in [7, 11) is 0. The van der Waals surface area contributed by atoms with Crippen LogP contribution in [0.5, 0.6) is 0 Å². The summed E-state index contributed by atoms with van der Waals surface area (Å²) in [6, 6.07) is 7.43. The molecule has 0 spiro atoms. The van der Waals surface area contributed by atoms with Crippen molar-refractivity contribution in [1.82, 2.24) is 15.5 Å². The Labute approximate surface area is 159 Å². The Kier molecular flexibility index (Phi) is 6.08. The molecule has 0 saturated carbocycles. The zero-order valence-corrected chi connectivity index (χ0v) is 15.7. The average Bonchev–Trinajstić information content (AvgIpc) is 2.61. The molecule has 3 amide bonds. The van der Waals surface area contributed by atoms with Crippen LogP contribution in [0, 0.1) is 0 Å². The summed E-state index contributed by atoms with van der Waals surface area (Å²) < 4.78 is 0. The molecule has 0 bridgehead atoms. The molecule has 1 aromatic carbocycles. The number of nitrogens with one attached hydrogen (secondary N) is 4. The van der Waals surface area contributed by atoms with Crippen molar-refractivity contribution in [2.75, 3.05) is 30.3 Å². The number of carbonyl (C=O) groups excluding carboxylic acids is 3. The fraction of sp³-hybridized carbons (Fsp3) is 0.526. The lowest BCUT2D eigenvalue weighted by Gasteiger charge is -2.38. The van der Waals surface area contributed by atoms with Crippen LogP contribution in [-0.2, 0) is 14.4 Å². The van der Waals surface area contributed by atoms with Crippen molar-refractivity contribution in [3.05, 3.63) is 24.3 Å². The maximum Gasteiger partial charge on any atom is 0.249 e. The molecular weight excluding hydrogens is 346 g/mol. The summed E-state index contributed by atoms with van der Waals surface area (Å²) in [5.74, 6) is -0.619. The van der Waals surface area contributed by atoms with Crippen LogP contribution in [0.4, 0.5) is 11.4 Å². The molecule has 2 aliphatic rings. The fourth-order valence-electron chi connectivity index (χ4n) is 3.57. The van der Waals surface area contributed by atoms with E-state index in [1.807, 2.05) is 18.2 Å². The first-order valence-corrected chi connectivity index (χ1v) is 9.39. The molecule has 0 aliphatic carbocycles. The van der Waals surface area contributed by atoms with Gasteiger partial charge in [0.1, 0.15) is 6.04 Å². The van der Waals surface area contributed by atoms with E-state index in [-0.39, 0.29) is 17.7 Å². The Morgan fingerprint density at radius 1 is 1.19 bits per heavy atom. The van der Waals surface area contributed by atoms with Crippen LogP contribution >= 0.6 is 0 Å². The number of hydrogen-bond acceptors (Lipinski definition) is 6. The summed E-state index contributed by atoms with van der Waals surface area (Å²) in [5.41, 5.74) is 1.40. The van der Waals surface area contributed by atoms with Crippen molar-refractivity contribution < 1.29 is 14.4 Å². The molecule has 2 saturated heterocycles. The van der Waals surface area contributed by atoms with Crippen LogP contribution in [0.15, 0.2) is 24.3 Å². The van der Waals surface area contributed by atoms with Crippen molar-refractivity contribution in [1.29, 1.82) is 0 Å². The van der Waals surface area contributed by atoms with E-state index < -0.39 is 6.04 Å². The highest BCUT2D eigenvalue weighted by molar-refractivity contribution is 6.01. The first kappa shape index (κ1) is 19.3. The van der Waals surface area contributed by atoms with Gasteiger partial charge < -0.3 is 16.0 Å². The van der Waals surface area contributed by atoms with Crippen molar-refractivity contribution >= 4 is 29.1 Å². The van der Waals surface area contributed by atoms with Gasteiger partial charge in [0.05, 0.1) is 6.54 Å². The molecule has 0 radical (unpaired) electrons. The number of nitrogens with zero attached hydrogens (tertiary/aromatic N) is 1. The lowest BCUT2D eigenvalue weighted by Crippen LogP contribution is -2.56. The van der Waals surface area contributed by atoms with E-state index in [9.17, 15) is 14.4 Å². The predicted octanol–water partition coefficient (Wildman–Crippen LogP) is 0.524. The van der Waals surface area contributed by atoms with Gasteiger partial charge in [-0.05, 0) is 38.5 Å². The van der Waals surface area contributed by atoms with E-state index >= 15 is 0 Å². The molecule has 0 aromatic heterocycles. The van der Waals surface area contributed by atoms with Crippen LogP contribution < -0.4 is 21.3 Å². The molecule has 146 valence electrons. The van der Waals surface area contributed by atoms with Crippen molar-refractivity contribution in [3.63, 3.8) is 0 Å². The molecular formula is C19H27N5O3. The fourth-order valence-corrected chi connectivity index (χ4v) is 3.57. The number of anilines is 2. The number of hydrogen-bond donors (Lipinski definition) is 4. The van der Waals surface area contributed by atoms with E-state index in [4.69, 9.17) is 0 Å². The van der Waals surface area contributed by atoms with Gasteiger partial charge in [-0.15, -0.1) is 0 Å². The molecule has 1 unspecified atom stereocenters.